The van der Waals surface area contributed by atoms with Crippen LogP contribution in [0.5, 0.6) is 0 Å². The summed E-state index contributed by atoms with van der Waals surface area (Å²) in [5, 5.41) is 3.51. The van der Waals surface area contributed by atoms with E-state index in [1.807, 2.05) is 12.1 Å². The topological polar surface area (TPSA) is 64.9 Å². The molecule has 0 unspecified atom stereocenters. The minimum Gasteiger partial charge on any atom is -0.398 e. The first-order valence-electron chi connectivity index (χ1n) is 3.59. The molecule has 1 heterocycles. The highest BCUT2D eigenvalue weighted by Crippen LogP contribution is 2.26. The molecule has 0 saturated heterocycles. The predicted molar refractivity (Wildman–Crippen MR) is 51.8 cm³/mol. The molecule has 0 saturated carbocycles. The fraction of sp³-hybridized carbons (Fsp3) is 0. The highest BCUT2D eigenvalue weighted by molar-refractivity contribution is 9.10. The van der Waals surface area contributed by atoms with Crippen molar-refractivity contribution in [3.05, 3.63) is 29.0 Å². The number of benzene rings is 1. The molecule has 0 bridgehead atoms. The molecular formula is C8H6BrN3O. The molecule has 2 rings (SSSR count). The average Bonchev–Trinajstić information content (AvgIpc) is 2.61. The Morgan fingerprint density at radius 3 is 2.92 bits per heavy atom. The largest absolute Gasteiger partial charge is 0.398 e. The fourth-order valence-electron chi connectivity index (χ4n) is 1.01. The third-order valence-corrected chi connectivity index (χ3v) is 2.10. The second kappa shape index (κ2) is 3.18. The molecule has 1 aromatic carbocycles. The number of halogens is 1. The van der Waals surface area contributed by atoms with E-state index < -0.39 is 0 Å². The lowest BCUT2D eigenvalue weighted by atomic mass is 10.2. The molecule has 13 heavy (non-hydrogen) atoms. The summed E-state index contributed by atoms with van der Waals surface area (Å²) < 4.78 is 5.82. The van der Waals surface area contributed by atoms with Gasteiger partial charge in [-0.2, -0.15) is 4.98 Å². The number of anilines is 1. The molecule has 4 nitrogen and oxygen atoms in total. The Morgan fingerprint density at radius 1 is 1.38 bits per heavy atom. The summed E-state index contributed by atoms with van der Waals surface area (Å²) in [5.41, 5.74) is 7.09. The van der Waals surface area contributed by atoms with Gasteiger partial charge < -0.3 is 10.3 Å². The maximum atomic E-state index is 5.73. The summed E-state index contributed by atoms with van der Waals surface area (Å²) in [5.74, 6) is 0.429. The molecule has 5 heteroatoms. The van der Waals surface area contributed by atoms with Crippen molar-refractivity contribution in [1.29, 1.82) is 0 Å². The van der Waals surface area contributed by atoms with Crippen molar-refractivity contribution >= 4 is 21.6 Å². The Kier molecular flexibility index (Phi) is 2.02. The van der Waals surface area contributed by atoms with Crippen LogP contribution in [0.1, 0.15) is 0 Å². The van der Waals surface area contributed by atoms with Gasteiger partial charge in [-0.25, -0.2) is 0 Å². The molecule has 2 N–H and O–H groups in total. The quantitative estimate of drug-likeness (QED) is 0.775. The Balaban J connectivity index is 2.57. The summed E-state index contributed by atoms with van der Waals surface area (Å²) >= 11 is 3.34. The Labute approximate surface area is 82.9 Å². The van der Waals surface area contributed by atoms with Gasteiger partial charge >= 0.3 is 0 Å². The Morgan fingerprint density at radius 2 is 2.23 bits per heavy atom. The molecule has 0 fully saturated rings. The minimum absolute atomic E-state index is 0.429. The number of hydrogen-bond donors (Lipinski definition) is 1. The molecule has 1 aromatic heterocycles. The molecular weight excluding hydrogens is 234 g/mol. The normalized spacial score (nSPS) is 10.2. The van der Waals surface area contributed by atoms with Crippen LogP contribution in [0.4, 0.5) is 5.69 Å². The molecule has 0 atom stereocenters. The van der Waals surface area contributed by atoms with Gasteiger partial charge in [0.05, 0.1) is 5.56 Å². The summed E-state index contributed by atoms with van der Waals surface area (Å²) in [4.78, 5) is 3.91. The lowest BCUT2D eigenvalue weighted by Crippen LogP contribution is -1.89. The van der Waals surface area contributed by atoms with Crippen molar-refractivity contribution in [2.75, 3.05) is 5.73 Å². The number of nitrogens with zero attached hydrogens (tertiary/aromatic N) is 2. The number of rotatable bonds is 1. The van der Waals surface area contributed by atoms with Gasteiger partial charge in [-0.05, 0) is 18.2 Å². The average molecular weight is 240 g/mol. The Bertz CT molecular complexity index is 413. The molecule has 66 valence electrons. The predicted octanol–water partition coefficient (Wildman–Crippen LogP) is 2.08. The second-order valence-corrected chi connectivity index (χ2v) is 3.39. The van der Waals surface area contributed by atoms with Gasteiger partial charge in [0.1, 0.15) is 0 Å². The van der Waals surface area contributed by atoms with Gasteiger partial charge in [-0.15, -0.1) is 0 Å². The maximum absolute atomic E-state index is 5.73. The van der Waals surface area contributed by atoms with Crippen LogP contribution >= 0.6 is 15.9 Å². The smallest absolute Gasteiger partial charge is 0.259 e. The standard InChI is InChI=1S/C8H6BrN3O/c9-5-1-2-7(10)6(3-5)8-11-4-12-13-8/h1-4H,10H2. The molecule has 2 aromatic rings. The van der Waals surface area contributed by atoms with E-state index in [0.29, 0.717) is 11.6 Å². The summed E-state index contributed by atoms with van der Waals surface area (Å²) in [7, 11) is 0. The molecule has 0 spiro atoms. The first-order chi connectivity index (χ1) is 6.27. The SMILES string of the molecule is Nc1ccc(Br)cc1-c1ncno1. The zero-order chi connectivity index (χ0) is 9.26. The molecule has 0 aliphatic heterocycles. The van der Waals surface area contributed by atoms with Crippen LogP contribution < -0.4 is 5.73 Å². The third-order valence-electron chi connectivity index (χ3n) is 1.61. The van der Waals surface area contributed by atoms with Crippen molar-refractivity contribution < 1.29 is 4.52 Å². The van der Waals surface area contributed by atoms with Crippen LogP contribution in [0.15, 0.2) is 33.5 Å². The highest BCUT2D eigenvalue weighted by Gasteiger charge is 2.07. The van der Waals surface area contributed by atoms with Gasteiger partial charge in [0.25, 0.3) is 5.89 Å². The van der Waals surface area contributed by atoms with Crippen LogP contribution in [0.3, 0.4) is 0 Å². The lowest BCUT2D eigenvalue weighted by Gasteiger charge is -2.00. The van der Waals surface area contributed by atoms with E-state index in [2.05, 4.69) is 26.1 Å². The number of aromatic nitrogens is 2. The molecule has 0 amide bonds. The number of nitrogens with two attached hydrogens (primary N) is 1. The molecule has 0 aliphatic carbocycles. The second-order valence-electron chi connectivity index (χ2n) is 2.48. The fourth-order valence-corrected chi connectivity index (χ4v) is 1.37. The summed E-state index contributed by atoms with van der Waals surface area (Å²) in [6.07, 6.45) is 1.34. The van der Waals surface area contributed by atoms with Gasteiger partial charge in [0, 0.05) is 10.2 Å². The zero-order valence-electron chi connectivity index (χ0n) is 6.57. The van der Waals surface area contributed by atoms with E-state index in [1.165, 1.54) is 6.33 Å². The van der Waals surface area contributed by atoms with Gasteiger partial charge in [0.15, 0.2) is 6.33 Å². The van der Waals surface area contributed by atoms with E-state index in [-0.39, 0.29) is 0 Å². The minimum atomic E-state index is 0.429. The number of hydrogen-bond acceptors (Lipinski definition) is 4. The van der Waals surface area contributed by atoms with Crippen molar-refractivity contribution in [1.82, 2.24) is 10.1 Å². The van der Waals surface area contributed by atoms with E-state index in [1.54, 1.807) is 6.07 Å². The summed E-state index contributed by atoms with van der Waals surface area (Å²) in [6.45, 7) is 0. The van der Waals surface area contributed by atoms with Crippen molar-refractivity contribution in [2.45, 2.75) is 0 Å². The first-order valence-corrected chi connectivity index (χ1v) is 4.39. The maximum Gasteiger partial charge on any atom is 0.259 e. The lowest BCUT2D eigenvalue weighted by molar-refractivity contribution is 0.430. The third kappa shape index (κ3) is 1.55. The van der Waals surface area contributed by atoms with E-state index >= 15 is 0 Å². The van der Waals surface area contributed by atoms with Gasteiger partial charge in [-0.1, -0.05) is 21.1 Å². The first kappa shape index (κ1) is 8.25. The van der Waals surface area contributed by atoms with Crippen LogP contribution in [0.2, 0.25) is 0 Å². The molecule has 0 radical (unpaired) electrons. The summed E-state index contributed by atoms with van der Waals surface area (Å²) in [6, 6.07) is 5.47. The van der Waals surface area contributed by atoms with E-state index in [0.717, 1.165) is 10.0 Å². The van der Waals surface area contributed by atoms with Crippen LogP contribution in [-0.2, 0) is 0 Å². The molecule has 0 aliphatic rings. The van der Waals surface area contributed by atoms with Crippen molar-refractivity contribution in [2.24, 2.45) is 0 Å². The van der Waals surface area contributed by atoms with Gasteiger partial charge in [-0.3, -0.25) is 0 Å². The van der Waals surface area contributed by atoms with E-state index in [9.17, 15) is 0 Å². The van der Waals surface area contributed by atoms with Crippen molar-refractivity contribution in [3.8, 4) is 11.5 Å². The Hall–Kier alpha value is -1.36. The van der Waals surface area contributed by atoms with Crippen molar-refractivity contribution in [3.63, 3.8) is 0 Å². The highest BCUT2D eigenvalue weighted by atomic mass is 79.9. The van der Waals surface area contributed by atoms with E-state index in [4.69, 9.17) is 10.3 Å². The van der Waals surface area contributed by atoms with Crippen LogP contribution in [0, 0.1) is 0 Å². The van der Waals surface area contributed by atoms with Crippen LogP contribution in [0.25, 0.3) is 11.5 Å². The number of nitrogen functional groups attached to an aromatic ring is 1. The van der Waals surface area contributed by atoms with Gasteiger partial charge in [0.2, 0.25) is 0 Å². The monoisotopic (exact) mass is 239 g/mol. The zero-order valence-corrected chi connectivity index (χ0v) is 8.15. The van der Waals surface area contributed by atoms with Crippen LogP contribution in [-0.4, -0.2) is 10.1 Å².